The number of halogens is 6. The summed E-state index contributed by atoms with van der Waals surface area (Å²) in [6, 6.07) is 20.2. The van der Waals surface area contributed by atoms with E-state index in [1.54, 1.807) is 48.5 Å². The van der Waals surface area contributed by atoms with Gasteiger partial charge in [-0.1, -0.05) is 50.2 Å². The molecule has 0 saturated heterocycles. The van der Waals surface area contributed by atoms with Crippen molar-refractivity contribution in [3.05, 3.63) is 84.4 Å². The fourth-order valence-electron chi connectivity index (χ4n) is 3.13. The van der Waals surface area contributed by atoms with Gasteiger partial charge in [-0.3, -0.25) is 0 Å². The maximum Gasteiger partial charge on any atom is 0.461 e. The molecule has 3 rings (SSSR count). The normalized spacial score (nSPS) is 12.4. The van der Waals surface area contributed by atoms with Crippen LogP contribution in [0.5, 0.6) is 17.2 Å². The highest BCUT2D eigenvalue weighted by molar-refractivity contribution is 5.52. The molecular formula is C27H29F6NO3. The van der Waals surface area contributed by atoms with Crippen LogP contribution in [-0.2, 0) is 6.54 Å². The molecule has 0 aliphatic heterocycles. The van der Waals surface area contributed by atoms with Gasteiger partial charge in [-0.2, -0.15) is 17.6 Å². The number of alkyl halides is 6. The summed E-state index contributed by atoms with van der Waals surface area (Å²) >= 11 is 0. The number of hydrogen-bond acceptors (Lipinski definition) is 4. The van der Waals surface area contributed by atoms with Crippen molar-refractivity contribution in [3.8, 4) is 17.2 Å². The van der Waals surface area contributed by atoms with Gasteiger partial charge in [0, 0.05) is 25.2 Å². The van der Waals surface area contributed by atoms with Crippen LogP contribution in [-0.4, -0.2) is 36.2 Å². The van der Waals surface area contributed by atoms with Crippen molar-refractivity contribution >= 4 is 5.69 Å². The van der Waals surface area contributed by atoms with Crippen molar-refractivity contribution in [2.75, 3.05) is 11.4 Å². The Labute approximate surface area is 212 Å². The summed E-state index contributed by atoms with van der Waals surface area (Å²) in [6.07, 6.45) is -10.8. The van der Waals surface area contributed by atoms with Crippen molar-refractivity contribution in [2.24, 2.45) is 0 Å². The van der Waals surface area contributed by atoms with Gasteiger partial charge in [0.2, 0.25) is 0 Å². The summed E-state index contributed by atoms with van der Waals surface area (Å²) in [6.45, 7) is 3.93. The first-order valence-electron chi connectivity index (χ1n) is 11.5. The van der Waals surface area contributed by atoms with Gasteiger partial charge in [0.05, 0.1) is 6.54 Å². The Morgan fingerprint density at radius 3 is 2.03 bits per heavy atom. The van der Waals surface area contributed by atoms with E-state index in [0.717, 1.165) is 12.1 Å². The third kappa shape index (κ3) is 9.20. The van der Waals surface area contributed by atoms with Gasteiger partial charge in [-0.25, -0.2) is 8.78 Å². The number of anilines is 1. The van der Waals surface area contributed by atoms with Crippen LogP contribution >= 0.6 is 0 Å². The minimum atomic E-state index is -4.69. The minimum Gasteiger partial charge on any atom is -0.457 e. The van der Waals surface area contributed by atoms with Crippen LogP contribution in [0.2, 0.25) is 0 Å². The SMILES string of the molecule is CC.CC(F)(F)[C@H](O)CN(Cc1cccc(OC(F)(F)C(F)F)c1)c1cccc(Oc2ccccc2)c1. The first kappa shape index (κ1) is 29.8. The average molecular weight is 530 g/mol. The Morgan fingerprint density at radius 1 is 0.811 bits per heavy atom. The Balaban J connectivity index is 0.00000235. The molecule has 0 aliphatic rings. The van der Waals surface area contributed by atoms with Crippen molar-refractivity contribution in [1.29, 1.82) is 0 Å². The summed E-state index contributed by atoms with van der Waals surface area (Å²) in [5.74, 6) is -3.00. The fourth-order valence-corrected chi connectivity index (χ4v) is 3.13. The Kier molecular flexibility index (Phi) is 10.7. The van der Waals surface area contributed by atoms with Crippen molar-refractivity contribution in [2.45, 2.75) is 51.9 Å². The standard InChI is InChI=1S/C25H23F6NO3.C2H6/c1-24(28,29)22(33)16-32(15-17-7-5-12-21(13-17)35-25(30,31)23(26)27)18-8-6-11-20(14-18)34-19-9-3-2-4-10-19;1-2/h2-14,22-23,33H,15-16H2,1H3;1-2H3/t22-;/m1./s1. The second kappa shape index (κ2) is 13.2. The van der Waals surface area contributed by atoms with Crippen molar-refractivity contribution < 1.29 is 40.9 Å². The maximum absolute atomic E-state index is 13.7. The fraction of sp³-hybridized carbons (Fsp3) is 0.333. The molecule has 0 saturated carbocycles. The number of aliphatic hydroxyl groups excluding tert-OH is 1. The van der Waals surface area contributed by atoms with Gasteiger partial charge >= 0.3 is 12.5 Å². The van der Waals surface area contributed by atoms with Crippen LogP contribution < -0.4 is 14.4 Å². The molecule has 0 fully saturated rings. The highest BCUT2D eigenvalue weighted by Gasteiger charge is 2.44. The van der Waals surface area contributed by atoms with Gasteiger partial charge in [0.25, 0.3) is 5.92 Å². The van der Waals surface area contributed by atoms with Gasteiger partial charge in [0.15, 0.2) is 0 Å². The molecule has 0 unspecified atom stereocenters. The van der Waals surface area contributed by atoms with E-state index in [1.165, 1.54) is 17.0 Å². The van der Waals surface area contributed by atoms with E-state index in [4.69, 9.17) is 4.74 Å². The van der Waals surface area contributed by atoms with E-state index >= 15 is 0 Å². The highest BCUT2D eigenvalue weighted by Crippen LogP contribution is 2.31. The van der Waals surface area contributed by atoms with Crippen LogP contribution in [0, 0.1) is 0 Å². The molecule has 0 aliphatic carbocycles. The molecule has 10 heteroatoms. The summed E-state index contributed by atoms with van der Waals surface area (Å²) in [5, 5.41) is 10.0. The Hall–Kier alpha value is -3.40. The van der Waals surface area contributed by atoms with E-state index in [0.29, 0.717) is 29.7 Å². The monoisotopic (exact) mass is 529 g/mol. The van der Waals surface area contributed by atoms with Crippen LogP contribution in [0.1, 0.15) is 26.3 Å². The van der Waals surface area contributed by atoms with Gasteiger partial charge < -0.3 is 19.5 Å². The summed E-state index contributed by atoms with van der Waals surface area (Å²) in [7, 11) is 0. The molecular weight excluding hydrogens is 500 g/mol. The molecule has 0 amide bonds. The lowest BCUT2D eigenvalue weighted by atomic mass is 10.1. The van der Waals surface area contributed by atoms with Crippen LogP contribution in [0.4, 0.5) is 32.0 Å². The molecule has 0 heterocycles. The Bertz CT molecular complexity index is 1090. The zero-order valence-electron chi connectivity index (χ0n) is 20.6. The number of nitrogens with zero attached hydrogens (tertiary/aromatic N) is 1. The smallest absolute Gasteiger partial charge is 0.457 e. The summed E-state index contributed by atoms with van der Waals surface area (Å²) < 4.78 is 89.0. The molecule has 0 radical (unpaired) electrons. The minimum absolute atomic E-state index is 0.126. The summed E-state index contributed by atoms with van der Waals surface area (Å²) in [4.78, 5) is 1.39. The lowest BCUT2D eigenvalue weighted by Crippen LogP contribution is -2.41. The quantitative estimate of drug-likeness (QED) is 0.258. The van der Waals surface area contributed by atoms with E-state index < -0.39 is 36.9 Å². The summed E-state index contributed by atoms with van der Waals surface area (Å²) in [5.41, 5.74) is 0.694. The lowest BCUT2D eigenvalue weighted by Gasteiger charge is -2.30. The number of hydrogen-bond donors (Lipinski definition) is 1. The first-order chi connectivity index (χ1) is 17.4. The predicted molar refractivity (Wildman–Crippen MR) is 130 cm³/mol. The number of benzene rings is 3. The molecule has 37 heavy (non-hydrogen) atoms. The topological polar surface area (TPSA) is 41.9 Å². The lowest BCUT2D eigenvalue weighted by molar-refractivity contribution is -0.253. The molecule has 202 valence electrons. The van der Waals surface area contributed by atoms with Gasteiger partial charge in [-0.05, 0) is 42.0 Å². The molecule has 1 atom stereocenters. The van der Waals surface area contributed by atoms with Gasteiger partial charge in [0.1, 0.15) is 23.4 Å². The highest BCUT2D eigenvalue weighted by atomic mass is 19.3. The molecule has 3 aromatic rings. The number of aliphatic hydroxyl groups is 1. The van der Waals surface area contributed by atoms with E-state index in [2.05, 4.69) is 4.74 Å². The zero-order valence-corrected chi connectivity index (χ0v) is 20.6. The van der Waals surface area contributed by atoms with Crippen molar-refractivity contribution in [1.82, 2.24) is 0 Å². The predicted octanol–water partition coefficient (Wildman–Crippen LogP) is 7.76. The molecule has 3 aromatic carbocycles. The molecule has 4 nitrogen and oxygen atoms in total. The largest absolute Gasteiger partial charge is 0.461 e. The molecule has 0 aromatic heterocycles. The van der Waals surface area contributed by atoms with E-state index in [9.17, 15) is 31.4 Å². The molecule has 0 spiro atoms. The maximum atomic E-state index is 13.7. The number of rotatable bonds is 11. The molecule has 0 bridgehead atoms. The van der Waals surface area contributed by atoms with Gasteiger partial charge in [-0.15, -0.1) is 0 Å². The van der Waals surface area contributed by atoms with Crippen LogP contribution in [0.15, 0.2) is 78.9 Å². The third-order valence-electron chi connectivity index (χ3n) is 4.92. The van der Waals surface area contributed by atoms with Crippen LogP contribution in [0.25, 0.3) is 0 Å². The second-order valence-corrected chi connectivity index (χ2v) is 7.88. The third-order valence-corrected chi connectivity index (χ3v) is 4.92. The second-order valence-electron chi connectivity index (χ2n) is 7.88. The Morgan fingerprint density at radius 2 is 1.41 bits per heavy atom. The average Bonchev–Trinajstić information content (AvgIpc) is 2.85. The zero-order chi connectivity index (χ0) is 27.6. The van der Waals surface area contributed by atoms with E-state index in [1.807, 2.05) is 19.9 Å². The number of para-hydroxylation sites is 1. The number of ether oxygens (including phenoxy) is 2. The van der Waals surface area contributed by atoms with Crippen LogP contribution in [0.3, 0.4) is 0 Å². The van der Waals surface area contributed by atoms with E-state index in [-0.39, 0.29) is 6.54 Å². The first-order valence-corrected chi connectivity index (χ1v) is 11.5. The van der Waals surface area contributed by atoms with Crippen molar-refractivity contribution in [3.63, 3.8) is 0 Å². The molecule has 1 N–H and O–H groups in total.